The van der Waals surface area contributed by atoms with Crippen LogP contribution in [-0.4, -0.2) is 22.7 Å². The Hall–Kier alpha value is -2.71. The van der Waals surface area contributed by atoms with Crippen molar-refractivity contribution in [2.45, 2.75) is 20.1 Å². The minimum Gasteiger partial charge on any atom is -0.490 e. The molecule has 1 aliphatic heterocycles. The molecule has 0 N–H and O–H groups in total. The summed E-state index contributed by atoms with van der Waals surface area (Å²) >= 11 is 18.9. The van der Waals surface area contributed by atoms with Crippen molar-refractivity contribution in [2.75, 3.05) is 6.61 Å². The van der Waals surface area contributed by atoms with E-state index in [1.54, 1.807) is 36.4 Å². The van der Waals surface area contributed by atoms with Crippen molar-refractivity contribution in [3.8, 4) is 11.5 Å². The smallest absolute Gasteiger partial charge is 0.293 e. The third-order valence-electron chi connectivity index (χ3n) is 5.16. The standard InChI is InChI=1S/C26H19Cl3FNO4S/c1-2-34-23-10-15(4-8-22(23)35-14-16-3-7-19(27)21(29)9-16)11-24-25(32)31(26(33)36-24)13-17-5-6-18(30)12-20(17)28/h3-12H,2,13-14H2,1H3/b24-11-. The normalized spacial score (nSPS) is 14.6. The summed E-state index contributed by atoms with van der Waals surface area (Å²) in [5.41, 5.74) is 1.97. The Morgan fingerprint density at radius 3 is 2.44 bits per heavy atom. The highest BCUT2D eigenvalue weighted by atomic mass is 35.5. The molecule has 0 saturated carbocycles. The van der Waals surface area contributed by atoms with Gasteiger partial charge in [-0.3, -0.25) is 14.5 Å². The molecule has 1 saturated heterocycles. The van der Waals surface area contributed by atoms with E-state index in [2.05, 4.69) is 0 Å². The van der Waals surface area contributed by atoms with Crippen LogP contribution in [0, 0.1) is 5.82 Å². The molecule has 5 nitrogen and oxygen atoms in total. The van der Waals surface area contributed by atoms with Crippen LogP contribution in [0.25, 0.3) is 6.08 Å². The van der Waals surface area contributed by atoms with E-state index < -0.39 is 17.0 Å². The predicted octanol–water partition coefficient (Wildman–Crippen LogP) is 8.00. The molecule has 1 aliphatic rings. The van der Waals surface area contributed by atoms with Gasteiger partial charge in [-0.1, -0.05) is 53.0 Å². The summed E-state index contributed by atoms with van der Waals surface area (Å²) in [5.74, 6) is 0.0540. The maximum Gasteiger partial charge on any atom is 0.293 e. The lowest BCUT2D eigenvalue weighted by Crippen LogP contribution is -2.27. The third kappa shape index (κ3) is 6.16. The van der Waals surface area contributed by atoms with Crippen LogP contribution >= 0.6 is 46.6 Å². The molecule has 0 spiro atoms. The Bertz CT molecular complexity index is 1370. The second kappa shape index (κ2) is 11.6. The molecule has 3 aromatic rings. The summed E-state index contributed by atoms with van der Waals surface area (Å²) in [6.07, 6.45) is 1.61. The molecular weight excluding hydrogens is 548 g/mol. The van der Waals surface area contributed by atoms with Gasteiger partial charge in [0.2, 0.25) is 0 Å². The first-order valence-corrected chi connectivity index (χ1v) is 12.7. The molecule has 0 unspecified atom stereocenters. The number of hydrogen-bond donors (Lipinski definition) is 0. The van der Waals surface area contributed by atoms with Gasteiger partial charge in [-0.05, 0) is 77.9 Å². The van der Waals surface area contributed by atoms with Gasteiger partial charge < -0.3 is 9.47 Å². The summed E-state index contributed by atoms with van der Waals surface area (Å²) in [5, 5.41) is 0.618. The quantitative estimate of drug-likeness (QED) is 0.259. The Morgan fingerprint density at radius 2 is 1.72 bits per heavy atom. The van der Waals surface area contributed by atoms with Crippen LogP contribution < -0.4 is 9.47 Å². The number of rotatable bonds is 8. The highest BCUT2D eigenvalue weighted by molar-refractivity contribution is 8.18. The Balaban J connectivity index is 1.51. The van der Waals surface area contributed by atoms with Crippen molar-refractivity contribution in [3.63, 3.8) is 0 Å². The highest BCUT2D eigenvalue weighted by Gasteiger charge is 2.35. The van der Waals surface area contributed by atoms with Crippen molar-refractivity contribution in [1.82, 2.24) is 4.90 Å². The van der Waals surface area contributed by atoms with Crippen molar-refractivity contribution >= 4 is 63.8 Å². The first-order chi connectivity index (χ1) is 17.2. The van der Waals surface area contributed by atoms with Crippen LogP contribution in [0.15, 0.2) is 59.5 Å². The van der Waals surface area contributed by atoms with Crippen molar-refractivity contribution in [2.24, 2.45) is 0 Å². The fourth-order valence-corrected chi connectivity index (χ4v) is 4.79. The molecule has 0 radical (unpaired) electrons. The first-order valence-electron chi connectivity index (χ1n) is 10.8. The van der Waals surface area contributed by atoms with Gasteiger partial charge in [0.15, 0.2) is 11.5 Å². The summed E-state index contributed by atoms with van der Waals surface area (Å²) in [6.45, 7) is 2.46. The van der Waals surface area contributed by atoms with Crippen LogP contribution in [0.5, 0.6) is 11.5 Å². The first kappa shape index (κ1) is 26.4. The van der Waals surface area contributed by atoms with Crippen LogP contribution in [0.2, 0.25) is 15.1 Å². The minimum atomic E-state index is -0.493. The monoisotopic (exact) mass is 565 g/mol. The van der Waals surface area contributed by atoms with Gasteiger partial charge in [0, 0.05) is 5.02 Å². The molecule has 10 heteroatoms. The van der Waals surface area contributed by atoms with Crippen LogP contribution in [0.4, 0.5) is 9.18 Å². The SMILES string of the molecule is CCOc1cc(/C=C2\SC(=O)N(Cc3ccc(F)cc3Cl)C2=O)ccc1OCc1ccc(Cl)c(Cl)c1. The topological polar surface area (TPSA) is 55.8 Å². The van der Waals surface area contributed by atoms with Gasteiger partial charge in [0.25, 0.3) is 11.1 Å². The number of amides is 2. The second-order valence-corrected chi connectivity index (χ2v) is 9.89. The lowest BCUT2D eigenvalue weighted by atomic mass is 10.1. The van der Waals surface area contributed by atoms with Gasteiger partial charge in [0.05, 0.1) is 28.1 Å². The zero-order valence-corrected chi connectivity index (χ0v) is 22.0. The Kier molecular flexibility index (Phi) is 8.46. The molecule has 3 aromatic carbocycles. The van der Waals surface area contributed by atoms with E-state index >= 15 is 0 Å². The Labute approximate surface area is 226 Å². The van der Waals surface area contributed by atoms with E-state index in [9.17, 15) is 14.0 Å². The molecule has 0 atom stereocenters. The number of hydrogen-bond acceptors (Lipinski definition) is 5. The molecule has 0 aliphatic carbocycles. The predicted molar refractivity (Wildman–Crippen MR) is 141 cm³/mol. The summed E-state index contributed by atoms with van der Waals surface area (Å²) in [4.78, 5) is 26.7. The highest BCUT2D eigenvalue weighted by Crippen LogP contribution is 2.36. The minimum absolute atomic E-state index is 0.0488. The van der Waals surface area contributed by atoms with E-state index in [4.69, 9.17) is 44.3 Å². The number of imide groups is 1. The zero-order valence-electron chi connectivity index (χ0n) is 18.9. The summed E-state index contributed by atoms with van der Waals surface area (Å²) in [6, 6.07) is 14.3. The molecule has 0 aromatic heterocycles. The number of benzene rings is 3. The molecule has 4 rings (SSSR count). The summed E-state index contributed by atoms with van der Waals surface area (Å²) in [7, 11) is 0. The lowest BCUT2D eigenvalue weighted by molar-refractivity contribution is -0.123. The number of carbonyl (C=O) groups is 2. The van der Waals surface area contributed by atoms with E-state index in [-0.39, 0.29) is 23.1 Å². The Morgan fingerprint density at radius 1 is 0.917 bits per heavy atom. The molecule has 36 heavy (non-hydrogen) atoms. The average molecular weight is 567 g/mol. The molecule has 2 amide bonds. The number of carbonyl (C=O) groups excluding carboxylic acids is 2. The van der Waals surface area contributed by atoms with Gasteiger partial charge in [-0.15, -0.1) is 0 Å². The molecular formula is C26H19Cl3FNO4S. The fourth-order valence-electron chi connectivity index (χ4n) is 3.40. The average Bonchev–Trinajstić information content (AvgIpc) is 3.09. The summed E-state index contributed by atoms with van der Waals surface area (Å²) < 4.78 is 25.0. The van der Waals surface area contributed by atoms with Crippen molar-refractivity contribution in [1.29, 1.82) is 0 Å². The van der Waals surface area contributed by atoms with Crippen molar-refractivity contribution < 1.29 is 23.5 Å². The van der Waals surface area contributed by atoms with Gasteiger partial charge >= 0.3 is 0 Å². The van der Waals surface area contributed by atoms with E-state index in [1.807, 2.05) is 13.0 Å². The van der Waals surface area contributed by atoms with Crippen molar-refractivity contribution in [3.05, 3.63) is 97.1 Å². The van der Waals surface area contributed by atoms with E-state index in [1.165, 1.54) is 12.1 Å². The van der Waals surface area contributed by atoms with E-state index in [0.29, 0.717) is 39.3 Å². The number of ether oxygens (including phenoxy) is 2. The fraction of sp³-hybridized carbons (Fsp3) is 0.154. The number of thioether (sulfide) groups is 1. The zero-order chi connectivity index (χ0) is 25.8. The van der Waals surface area contributed by atoms with Crippen LogP contribution in [0.1, 0.15) is 23.6 Å². The van der Waals surface area contributed by atoms with Gasteiger partial charge in [0.1, 0.15) is 12.4 Å². The van der Waals surface area contributed by atoms with Crippen LogP contribution in [0.3, 0.4) is 0 Å². The van der Waals surface area contributed by atoms with E-state index in [0.717, 1.165) is 28.3 Å². The number of halogens is 4. The lowest BCUT2D eigenvalue weighted by Gasteiger charge is -2.14. The third-order valence-corrected chi connectivity index (χ3v) is 7.16. The van der Waals surface area contributed by atoms with Gasteiger partial charge in [-0.25, -0.2) is 4.39 Å². The van der Waals surface area contributed by atoms with Gasteiger partial charge in [-0.2, -0.15) is 0 Å². The molecule has 1 fully saturated rings. The largest absolute Gasteiger partial charge is 0.490 e. The van der Waals surface area contributed by atoms with Crippen LogP contribution in [-0.2, 0) is 17.9 Å². The molecule has 186 valence electrons. The molecule has 0 bridgehead atoms. The second-order valence-electron chi connectivity index (χ2n) is 7.68. The molecule has 1 heterocycles. The number of nitrogens with zero attached hydrogens (tertiary/aromatic N) is 1. The maximum absolute atomic E-state index is 13.3. The maximum atomic E-state index is 13.3.